The lowest BCUT2D eigenvalue weighted by Crippen LogP contribution is -2.46. The molecule has 0 spiro atoms. The van der Waals surface area contributed by atoms with Crippen molar-refractivity contribution in [1.29, 1.82) is 0 Å². The predicted octanol–water partition coefficient (Wildman–Crippen LogP) is 3.08. The van der Waals surface area contributed by atoms with Gasteiger partial charge in [0, 0.05) is 13.1 Å². The van der Waals surface area contributed by atoms with E-state index < -0.39 is 12.0 Å². The highest BCUT2D eigenvalue weighted by Crippen LogP contribution is 2.39. The highest BCUT2D eigenvalue weighted by atomic mass is 16.5. The van der Waals surface area contributed by atoms with Gasteiger partial charge in [-0.25, -0.2) is 4.79 Å². The minimum absolute atomic E-state index is 0.0472. The molecule has 8 heteroatoms. The molecule has 2 aromatic rings. The van der Waals surface area contributed by atoms with Crippen molar-refractivity contribution < 1.29 is 28.5 Å². The average molecular weight is 428 g/mol. The number of amides is 2. The number of benzene rings is 2. The summed E-state index contributed by atoms with van der Waals surface area (Å²) in [5.41, 5.74) is 2.79. The zero-order valence-electron chi connectivity index (χ0n) is 18.3. The van der Waals surface area contributed by atoms with Crippen LogP contribution in [0, 0.1) is 0 Å². The molecule has 0 aliphatic carbocycles. The van der Waals surface area contributed by atoms with Crippen LogP contribution in [0.3, 0.4) is 0 Å². The summed E-state index contributed by atoms with van der Waals surface area (Å²) in [6.07, 6.45) is 0.686. The average Bonchev–Trinajstić information content (AvgIpc) is 2.81. The molecule has 0 fully saturated rings. The summed E-state index contributed by atoms with van der Waals surface area (Å²) in [6.45, 7) is 0.810. The zero-order valence-corrected chi connectivity index (χ0v) is 18.3. The number of carbonyl (C=O) groups excluding carboxylic acids is 2. The van der Waals surface area contributed by atoms with Crippen LogP contribution in [-0.4, -0.2) is 51.9 Å². The van der Waals surface area contributed by atoms with Gasteiger partial charge in [-0.1, -0.05) is 12.1 Å². The first-order valence-corrected chi connectivity index (χ1v) is 9.99. The van der Waals surface area contributed by atoms with Crippen LogP contribution in [0.25, 0.3) is 0 Å². The molecule has 3 rings (SSSR count). The van der Waals surface area contributed by atoms with E-state index >= 15 is 0 Å². The number of hydrogen-bond donors (Lipinski definition) is 1. The fourth-order valence-electron chi connectivity index (χ4n) is 3.79. The molecule has 0 aromatic heterocycles. The molecule has 8 nitrogen and oxygen atoms in total. The van der Waals surface area contributed by atoms with E-state index in [1.807, 2.05) is 36.4 Å². The van der Waals surface area contributed by atoms with E-state index in [2.05, 4.69) is 5.32 Å². The van der Waals surface area contributed by atoms with Crippen LogP contribution in [0.2, 0.25) is 0 Å². The minimum atomic E-state index is -0.471. The van der Waals surface area contributed by atoms with Gasteiger partial charge in [0.2, 0.25) is 0 Å². The molecule has 2 aromatic carbocycles. The molecule has 0 saturated heterocycles. The van der Waals surface area contributed by atoms with Crippen molar-refractivity contribution >= 4 is 12.0 Å². The normalized spacial score (nSPS) is 15.0. The van der Waals surface area contributed by atoms with Gasteiger partial charge >= 0.3 is 12.0 Å². The molecule has 1 aliphatic heterocycles. The predicted molar refractivity (Wildman–Crippen MR) is 115 cm³/mol. The number of carbonyl (C=O) groups is 2. The first kappa shape index (κ1) is 22.3. The maximum atomic E-state index is 13.1. The molecule has 0 bridgehead atoms. The third kappa shape index (κ3) is 5.02. The van der Waals surface area contributed by atoms with Crippen molar-refractivity contribution in [2.24, 2.45) is 0 Å². The fraction of sp³-hybridized carbons (Fsp3) is 0.391. The summed E-state index contributed by atoms with van der Waals surface area (Å²) in [6, 6.07) is 10.5. The lowest BCUT2D eigenvalue weighted by molar-refractivity contribution is -0.141. The van der Waals surface area contributed by atoms with Gasteiger partial charge < -0.3 is 29.2 Å². The zero-order chi connectivity index (χ0) is 22.4. The number of rotatable bonds is 7. The number of ether oxygens (including phenoxy) is 4. The maximum absolute atomic E-state index is 13.1. The monoisotopic (exact) mass is 428 g/mol. The van der Waals surface area contributed by atoms with Crippen molar-refractivity contribution in [2.45, 2.75) is 25.4 Å². The minimum Gasteiger partial charge on any atom is -0.497 e. The molecule has 1 unspecified atom stereocenters. The molecule has 1 atom stereocenters. The number of urea groups is 1. The summed E-state index contributed by atoms with van der Waals surface area (Å²) in [4.78, 5) is 26.9. The second-order valence-corrected chi connectivity index (χ2v) is 7.16. The van der Waals surface area contributed by atoms with E-state index in [-0.39, 0.29) is 12.5 Å². The van der Waals surface area contributed by atoms with E-state index in [0.29, 0.717) is 31.0 Å². The lowest BCUT2D eigenvalue weighted by Gasteiger charge is -2.37. The first-order chi connectivity index (χ1) is 15.0. The van der Waals surface area contributed by atoms with Gasteiger partial charge in [0.15, 0.2) is 11.5 Å². The molecule has 0 radical (unpaired) electrons. The van der Waals surface area contributed by atoms with E-state index in [1.54, 1.807) is 26.2 Å². The third-order valence-corrected chi connectivity index (χ3v) is 5.43. The van der Waals surface area contributed by atoms with Gasteiger partial charge in [-0.05, 0) is 47.4 Å². The second kappa shape index (κ2) is 10.1. The number of fused-ring (bicyclic) bond motifs is 1. The molecular weight excluding hydrogens is 400 g/mol. The van der Waals surface area contributed by atoms with Crippen LogP contribution in [0.15, 0.2) is 36.4 Å². The molecule has 1 aliphatic rings. The highest BCUT2D eigenvalue weighted by molar-refractivity contribution is 5.77. The van der Waals surface area contributed by atoms with Gasteiger partial charge in [-0.3, -0.25) is 4.79 Å². The fourth-order valence-corrected chi connectivity index (χ4v) is 3.79. The van der Waals surface area contributed by atoms with Crippen molar-refractivity contribution in [3.8, 4) is 17.2 Å². The molecule has 31 heavy (non-hydrogen) atoms. The Bertz CT molecular complexity index is 946. The smallest absolute Gasteiger partial charge is 0.318 e. The van der Waals surface area contributed by atoms with E-state index in [0.717, 1.165) is 22.4 Å². The van der Waals surface area contributed by atoms with Crippen LogP contribution in [-0.2, 0) is 22.5 Å². The quantitative estimate of drug-likeness (QED) is 0.682. The van der Waals surface area contributed by atoms with E-state index in [9.17, 15) is 9.59 Å². The number of esters is 1. The van der Waals surface area contributed by atoms with Gasteiger partial charge in [-0.2, -0.15) is 0 Å². The highest BCUT2D eigenvalue weighted by Gasteiger charge is 2.34. The summed E-state index contributed by atoms with van der Waals surface area (Å²) in [5.74, 6) is 1.50. The molecule has 2 amide bonds. The van der Waals surface area contributed by atoms with E-state index in [4.69, 9.17) is 18.9 Å². The summed E-state index contributed by atoms with van der Waals surface area (Å²) >= 11 is 0. The number of methoxy groups -OCH3 is 4. The van der Waals surface area contributed by atoms with Gasteiger partial charge in [0.25, 0.3) is 0 Å². The van der Waals surface area contributed by atoms with Gasteiger partial charge in [-0.15, -0.1) is 0 Å². The van der Waals surface area contributed by atoms with Crippen molar-refractivity contribution in [3.63, 3.8) is 0 Å². The SMILES string of the molecule is COC(=O)CC1c2cc(OC)c(OC)cc2CCN1C(=O)NCc1cccc(OC)c1. The Kier molecular flexibility index (Phi) is 7.23. The summed E-state index contributed by atoms with van der Waals surface area (Å²) < 4.78 is 21.0. The largest absolute Gasteiger partial charge is 0.497 e. The molecule has 0 saturated carbocycles. The Morgan fingerprint density at radius 3 is 2.45 bits per heavy atom. The summed E-state index contributed by atoms with van der Waals surface area (Å²) in [5, 5.41) is 2.95. The topological polar surface area (TPSA) is 86.3 Å². The Labute approximate surface area is 182 Å². The number of hydrogen-bond acceptors (Lipinski definition) is 6. The molecule has 166 valence electrons. The van der Waals surface area contributed by atoms with Crippen LogP contribution in [0.1, 0.15) is 29.2 Å². The molecule has 1 N–H and O–H groups in total. The van der Waals surface area contributed by atoms with Crippen molar-refractivity contribution in [2.75, 3.05) is 35.0 Å². The number of nitrogens with one attached hydrogen (secondary N) is 1. The lowest BCUT2D eigenvalue weighted by atomic mass is 9.90. The van der Waals surface area contributed by atoms with Crippen molar-refractivity contribution in [1.82, 2.24) is 10.2 Å². The standard InChI is InChI=1S/C23H28N2O6/c1-28-17-7-5-6-15(10-17)14-24-23(27)25-9-8-16-11-20(29-2)21(30-3)12-18(16)19(25)13-22(26)31-4/h5-7,10-12,19H,8-9,13-14H2,1-4H3,(H,24,27). The Morgan fingerprint density at radius 1 is 1.03 bits per heavy atom. The Balaban J connectivity index is 1.84. The van der Waals surface area contributed by atoms with Crippen LogP contribution in [0.5, 0.6) is 17.2 Å². The summed E-state index contributed by atoms with van der Waals surface area (Å²) in [7, 11) is 6.08. The van der Waals surface area contributed by atoms with Crippen LogP contribution >= 0.6 is 0 Å². The third-order valence-electron chi connectivity index (χ3n) is 5.43. The van der Waals surface area contributed by atoms with Crippen LogP contribution in [0.4, 0.5) is 4.79 Å². The Hall–Kier alpha value is -3.42. The molecular formula is C23H28N2O6. The van der Waals surface area contributed by atoms with E-state index in [1.165, 1.54) is 7.11 Å². The first-order valence-electron chi connectivity index (χ1n) is 9.99. The molecule has 1 heterocycles. The number of nitrogens with zero attached hydrogens (tertiary/aromatic N) is 1. The second-order valence-electron chi connectivity index (χ2n) is 7.16. The van der Waals surface area contributed by atoms with Gasteiger partial charge in [0.05, 0.1) is 40.9 Å². The van der Waals surface area contributed by atoms with Gasteiger partial charge in [0.1, 0.15) is 5.75 Å². The van der Waals surface area contributed by atoms with Crippen molar-refractivity contribution in [3.05, 3.63) is 53.1 Å². The maximum Gasteiger partial charge on any atom is 0.318 e. The van der Waals surface area contributed by atoms with Crippen LogP contribution < -0.4 is 19.5 Å². The Morgan fingerprint density at radius 2 is 1.77 bits per heavy atom.